The van der Waals surface area contributed by atoms with Gasteiger partial charge < -0.3 is 15.2 Å². The normalized spacial score (nSPS) is 14.5. The average Bonchev–Trinajstić information content (AvgIpc) is 3.13. The number of carbonyl (C=O) groups is 1. The number of hydrogen-bond acceptors (Lipinski definition) is 7. The third-order valence-corrected chi connectivity index (χ3v) is 11.9. The first-order chi connectivity index (χ1) is 23.4. The summed E-state index contributed by atoms with van der Waals surface area (Å²) in [6, 6.07) is 35.3. The average molecular weight is 684 g/mol. The van der Waals surface area contributed by atoms with Gasteiger partial charge in [0.25, 0.3) is 0 Å². The Morgan fingerprint density at radius 2 is 1.42 bits per heavy atom. The monoisotopic (exact) mass is 683 g/mol. The molecule has 250 valence electrons. The number of primary amides is 1. The molecule has 10 heteroatoms. The van der Waals surface area contributed by atoms with E-state index in [-0.39, 0.29) is 23.8 Å². The number of nitrogens with zero attached hydrogens (tertiary/aromatic N) is 2. The van der Waals surface area contributed by atoms with Crippen molar-refractivity contribution in [3.05, 3.63) is 132 Å². The fourth-order valence-electron chi connectivity index (χ4n) is 5.82. The molecule has 1 saturated heterocycles. The Hall–Kier alpha value is -4.11. The molecule has 0 spiro atoms. The summed E-state index contributed by atoms with van der Waals surface area (Å²) in [4.78, 5) is 15.6. The zero-order chi connectivity index (χ0) is 33.8. The summed E-state index contributed by atoms with van der Waals surface area (Å²) in [7, 11) is -4.17. The van der Waals surface area contributed by atoms with Crippen LogP contribution in [0.1, 0.15) is 23.6 Å². The van der Waals surface area contributed by atoms with Crippen LogP contribution in [0.5, 0.6) is 5.75 Å². The van der Waals surface area contributed by atoms with Gasteiger partial charge in [0.1, 0.15) is 18.4 Å². The first kappa shape index (κ1) is 35.2. The van der Waals surface area contributed by atoms with Gasteiger partial charge in [0, 0.05) is 31.9 Å². The highest BCUT2D eigenvalue weighted by molar-refractivity contribution is 8.00. The lowest BCUT2D eigenvalue weighted by atomic mass is 9.84. The highest BCUT2D eigenvalue weighted by atomic mass is 32.2. The number of carbonyl (C=O) groups excluding carboxylic acids is 1. The second-order valence-electron chi connectivity index (χ2n) is 11.3. The molecule has 8 nitrogen and oxygen atoms in total. The molecule has 1 aliphatic rings. The SMILES string of the molecule is CC#CCOc1ccc(S(=O)(=O)N(CCN2CCOCC2)[C@@H](CSC(c2ccccc2)(c2ccccc2)c2ccccc2)C(N)=O)cc1. The minimum absolute atomic E-state index is 0.0510. The molecular weight excluding hydrogens is 643 g/mol. The maximum Gasteiger partial charge on any atom is 0.243 e. The summed E-state index contributed by atoms with van der Waals surface area (Å²) >= 11 is 1.51. The summed E-state index contributed by atoms with van der Waals surface area (Å²) < 4.78 is 40.5. The quantitative estimate of drug-likeness (QED) is 0.139. The molecule has 4 aromatic rings. The van der Waals surface area contributed by atoms with Crippen LogP contribution in [0.4, 0.5) is 0 Å². The number of sulfonamides is 1. The summed E-state index contributed by atoms with van der Waals surface area (Å²) in [5.41, 5.74) is 9.14. The van der Waals surface area contributed by atoms with Crippen LogP contribution in [0.15, 0.2) is 120 Å². The van der Waals surface area contributed by atoms with E-state index in [1.165, 1.54) is 28.2 Å². The standard InChI is InChI=1S/C38H41N3O5S2/c1-2-3-27-46-34-19-21-35(22-20-34)48(43,44)41(24-23-40-25-28-45-29-26-40)36(37(39)42)30-47-38(31-13-7-4-8-14-31,32-15-9-5-10-16-32)33-17-11-6-12-18-33/h4-22,36H,23-30H2,1H3,(H2,39,42)/t36-/m0/s1. The number of ether oxygens (including phenoxy) is 2. The maximum absolute atomic E-state index is 14.5. The molecule has 0 radical (unpaired) electrons. The van der Waals surface area contributed by atoms with Crippen LogP contribution in [-0.4, -0.2) is 81.3 Å². The van der Waals surface area contributed by atoms with E-state index in [2.05, 4.69) is 53.1 Å². The van der Waals surface area contributed by atoms with E-state index in [9.17, 15) is 13.2 Å². The van der Waals surface area contributed by atoms with Crippen molar-refractivity contribution in [3.63, 3.8) is 0 Å². The van der Waals surface area contributed by atoms with E-state index >= 15 is 0 Å². The summed E-state index contributed by atoms with van der Waals surface area (Å²) in [6.45, 7) is 4.91. The van der Waals surface area contributed by atoms with Crippen LogP contribution < -0.4 is 10.5 Å². The predicted octanol–water partition coefficient (Wildman–Crippen LogP) is 4.99. The van der Waals surface area contributed by atoms with Crippen molar-refractivity contribution in [1.29, 1.82) is 0 Å². The maximum atomic E-state index is 14.5. The van der Waals surface area contributed by atoms with E-state index in [0.29, 0.717) is 38.6 Å². The highest BCUT2D eigenvalue weighted by Crippen LogP contribution is 2.49. The van der Waals surface area contributed by atoms with Crippen molar-refractivity contribution in [3.8, 4) is 17.6 Å². The second-order valence-corrected chi connectivity index (χ2v) is 14.4. The van der Waals surface area contributed by atoms with Gasteiger partial charge in [0.15, 0.2) is 0 Å². The zero-order valence-electron chi connectivity index (χ0n) is 27.0. The third-order valence-electron chi connectivity index (χ3n) is 8.33. The van der Waals surface area contributed by atoms with Crippen LogP contribution in [-0.2, 0) is 24.3 Å². The molecule has 48 heavy (non-hydrogen) atoms. The van der Waals surface area contributed by atoms with Gasteiger partial charge in [0.05, 0.1) is 22.9 Å². The van der Waals surface area contributed by atoms with Crippen molar-refractivity contribution in [1.82, 2.24) is 9.21 Å². The van der Waals surface area contributed by atoms with Crippen LogP contribution >= 0.6 is 11.8 Å². The molecule has 1 amide bonds. The Bertz CT molecular complexity index is 1680. The van der Waals surface area contributed by atoms with Crippen LogP contribution in [0, 0.1) is 11.8 Å². The lowest BCUT2D eigenvalue weighted by Crippen LogP contribution is -2.52. The molecule has 2 N–H and O–H groups in total. The number of amides is 1. The largest absolute Gasteiger partial charge is 0.481 e. The van der Waals surface area contributed by atoms with Crippen molar-refractivity contribution in [2.45, 2.75) is 22.6 Å². The Morgan fingerprint density at radius 1 is 0.896 bits per heavy atom. The Kier molecular flexibility index (Phi) is 12.3. The predicted molar refractivity (Wildman–Crippen MR) is 191 cm³/mol. The lowest BCUT2D eigenvalue weighted by Gasteiger charge is -2.38. The van der Waals surface area contributed by atoms with Gasteiger partial charge >= 0.3 is 0 Å². The molecule has 0 aromatic heterocycles. The van der Waals surface area contributed by atoms with Gasteiger partial charge in [-0.25, -0.2) is 8.42 Å². The van der Waals surface area contributed by atoms with E-state index in [1.807, 2.05) is 54.6 Å². The van der Waals surface area contributed by atoms with E-state index in [4.69, 9.17) is 15.2 Å². The minimum atomic E-state index is -4.17. The van der Waals surface area contributed by atoms with Gasteiger partial charge in [0.2, 0.25) is 15.9 Å². The van der Waals surface area contributed by atoms with E-state index in [1.54, 1.807) is 19.1 Å². The number of thioether (sulfide) groups is 1. The first-order valence-corrected chi connectivity index (χ1v) is 18.3. The molecule has 0 unspecified atom stereocenters. The second kappa shape index (κ2) is 16.8. The summed E-state index contributed by atoms with van der Waals surface area (Å²) in [5.74, 6) is 5.49. The molecule has 1 fully saturated rings. The Morgan fingerprint density at radius 3 is 1.90 bits per heavy atom. The van der Waals surface area contributed by atoms with Gasteiger partial charge in [-0.1, -0.05) is 96.9 Å². The van der Waals surface area contributed by atoms with E-state index < -0.39 is 26.7 Å². The molecule has 1 heterocycles. The molecule has 0 bridgehead atoms. The Balaban J connectivity index is 1.54. The number of morpholine rings is 1. The number of rotatable bonds is 15. The smallest absolute Gasteiger partial charge is 0.243 e. The van der Waals surface area contributed by atoms with Crippen molar-refractivity contribution < 1.29 is 22.7 Å². The summed E-state index contributed by atoms with van der Waals surface area (Å²) in [6.07, 6.45) is 0. The van der Waals surface area contributed by atoms with Gasteiger partial charge in [-0.2, -0.15) is 4.31 Å². The molecule has 0 aliphatic carbocycles. The van der Waals surface area contributed by atoms with E-state index in [0.717, 1.165) is 16.7 Å². The molecule has 5 rings (SSSR count). The Labute approximate surface area is 288 Å². The van der Waals surface area contributed by atoms with Crippen LogP contribution in [0.25, 0.3) is 0 Å². The first-order valence-electron chi connectivity index (χ1n) is 15.9. The minimum Gasteiger partial charge on any atom is -0.481 e. The van der Waals surface area contributed by atoms with Crippen LogP contribution in [0.2, 0.25) is 0 Å². The van der Waals surface area contributed by atoms with Gasteiger partial charge in [-0.3, -0.25) is 9.69 Å². The molecule has 1 aliphatic heterocycles. The fraction of sp³-hybridized carbons (Fsp3) is 0.289. The van der Waals surface area contributed by atoms with Gasteiger partial charge in [-0.15, -0.1) is 17.7 Å². The molecule has 0 saturated carbocycles. The number of hydrogen-bond donors (Lipinski definition) is 1. The molecule has 4 aromatic carbocycles. The zero-order valence-corrected chi connectivity index (χ0v) is 28.7. The van der Waals surface area contributed by atoms with Crippen molar-refractivity contribution >= 4 is 27.7 Å². The summed E-state index contributed by atoms with van der Waals surface area (Å²) in [5, 5.41) is 0. The lowest BCUT2D eigenvalue weighted by molar-refractivity contribution is -0.121. The number of nitrogens with two attached hydrogens (primary N) is 1. The van der Waals surface area contributed by atoms with Crippen LogP contribution in [0.3, 0.4) is 0 Å². The third kappa shape index (κ3) is 8.29. The number of benzene rings is 4. The van der Waals surface area contributed by atoms with Crippen molar-refractivity contribution in [2.24, 2.45) is 5.73 Å². The molecule has 1 atom stereocenters. The van der Waals surface area contributed by atoms with Gasteiger partial charge in [-0.05, 0) is 47.9 Å². The molecular formula is C38H41N3O5S2. The topological polar surface area (TPSA) is 102 Å². The van der Waals surface area contributed by atoms with Crippen molar-refractivity contribution in [2.75, 3.05) is 51.8 Å². The fourth-order valence-corrected chi connectivity index (χ4v) is 9.16. The highest BCUT2D eigenvalue weighted by Gasteiger charge is 2.41.